The van der Waals surface area contributed by atoms with Crippen molar-refractivity contribution in [2.24, 2.45) is 5.73 Å². The molecule has 0 aliphatic carbocycles. The van der Waals surface area contributed by atoms with E-state index in [-0.39, 0.29) is 0 Å². The van der Waals surface area contributed by atoms with Crippen molar-refractivity contribution in [3.8, 4) is 5.75 Å². The molecule has 0 spiro atoms. The van der Waals surface area contributed by atoms with Crippen molar-refractivity contribution in [2.45, 2.75) is 31.8 Å². The van der Waals surface area contributed by atoms with E-state index in [9.17, 15) is 0 Å². The van der Waals surface area contributed by atoms with E-state index in [1.165, 1.54) is 0 Å². The molecule has 0 saturated carbocycles. The third-order valence-electron chi connectivity index (χ3n) is 3.58. The number of benzene rings is 1. The van der Waals surface area contributed by atoms with Gasteiger partial charge in [-0.1, -0.05) is 23.2 Å². The van der Waals surface area contributed by atoms with Crippen LogP contribution in [0, 0.1) is 0 Å². The molecular formula is C14H20Cl2N2O. The molecule has 106 valence electrons. The minimum atomic E-state index is 0.345. The Morgan fingerprint density at radius 3 is 2.89 bits per heavy atom. The topological polar surface area (TPSA) is 38.5 Å². The van der Waals surface area contributed by atoms with E-state index in [1.54, 1.807) is 18.2 Å². The molecule has 5 heteroatoms. The normalized spacial score (nSPS) is 24.4. The molecule has 1 aromatic rings. The number of hydrogen-bond acceptors (Lipinski definition) is 3. The summed E-state index contributed by atoms with van der Waals surface area (Å²) in [6.45, 7) is 4.78. The molecule has 1 aliphatic rings. The summed E-state index contributed by atoms with van der Waals surface area (Å²) in [4.78, 5) is 2.41. The van der Waals surface area contributed by atoms with Crippen molar-refractivity contribution in [3.63, 3.8) is 0 Å². The van der Waals surface area contributed by atoms with Crippen molar-refractivity contribution in [1.29, 1.82) is 0 Å². The molecule has 0 aromatic heterocycles. The Morgan fingerprint density at radius 2 is 2.21 bits per heavy atom. The molecule has 2 rings (SSSR count). The average molecular weight is 303 g/mol. The zero-order valence-electron chi connectivity index (χ0n) is 11.1. The Kier molecular flexibility index (Phi) is 5.34. The fraction of sp³-hybridized carbons (Fsp3) is 0.571. The largest absolute Gasteiger partial charge is 0.491 e. The molecule has 2 N–H and O–H groups in total. The lowest BCUT2D eigenvalue weighted by molar-refractivity contribution is 0.123. The van der Waals surface area contributed by atoms with Gasteiger partial charge < -0.3 is 10.5 Å². The number of piperidine rings is 1. The number of halogens is 2. The molecule has 1 fully saturated rings. The molecule has 3 nitrogen and oxygen atoms in total. The van der Waals surface area contributed by atoms with Gasteiger partial charge in [0.2, 0.25) is 0 Å². The van der Waals surface area contributed by atoms with Gasteiger partial charge in [0.05, 0.1) is 5.02 Å². The molecular weight excluding hydrogens is 283 g/mol. The van der Waals surface area contributed by atoms with E-state index >= 15 is 0 Å². The van der Waals surface area contributed by atoms with Crippen LogP contribution in [-0.4, -0.2) is 36.7 Å². The van der Waals surface area contributed by atoms with Gasteiger partial charge in [-0.05, 0) is 38.0 Å². The lowest BCUT2D eigenvalue weighted by atomic mass is 9.99. The zero-order chi connectivity index (χ0) is 13.8. The quantitative estimate of drug-likeness (QED) is 0.928. The smallest absolute Gasteiger partial charge is 0.138 e. The number of nitrogens with zero attached hydrogens (tertiary/aromatic N) is 1. The summed E-state index contributed by atoms with van der Waals surface area (Å²) >= 11 is 11.9. The first-order chi connectivity index (χ1) is 9.06. The minimum Gasteiger partial charge on any atom is -0.491 e. The van der Waals surface area contributed by atoms with Gasteiger partial charge in [0, 0.05) is 30.2 Å². The van der Waals surface area contributed by atoms with Crippen molar-refractivity contribution in [2.75, 3.05) is 19.7 Å². The second-order valence-corrected chi connectivity index (χ2v) is 5.94. The van der Waals surface area contributed by atoms with Crippen LogP contribution in [0.5, 0.6) is 5.75 Å². The predicted molar refractivity (Wildman–Crippen MR) is 80.2 cm³/mol. The third kappa shape index (κ3) is 4.25. The van der Waals surface area contributed by atoms with E-state index in [4.69, 9.17) is 33.7 Å². The first-order valence-electron chi connectivity index (χ1n) is 6.63. The molecule has 1 heterocycles. The lowest BCUT2D eigenvalue weighted by Gasteiger charge is -2.36. The van der Waals surface area contributed by atoms with Crippen LogP contribution >= 0.6 is 23.2 Å². The average Bonchev–Trinajstić information content (AvgIpc) is 2.34. The number of hydrogen-bond donors (Lipinski definition) is 1. The Hall–Kier alpha value is -0.480. The van der Waals surface area contributed by atoms with Gasteiger partial charge >= 0.3 is 0 Å². The zero-order valence-corrected chi connectivity index (χ0v) is 12.6. The van der Waals surface area contributed by atoms with Crippen LogP contribution in [0.4, 0.5) is 0 Å². The third-order valence-corrected chi connectivity index (χ3v) is 4.11. The second kappa shape index (κ2) is 6.80. The molecule has 2 atom stereocenters. The van der Waals surface area contributed by atoms with Crippen LogP contribution in [0.25, 0.3) is 0 Å². The van der Waals surface area contributed by atoms with Gasteiger partial charge in [-0.25, -0.2) is 0 Å². The van der Waals surface area contributed by atoms with Gasteiger partial charge in [0.1, 0.15) is 12.4 Å². The van der Waals surface area contributed by atoms with Crippen LogP contribution in [0.2, 0.25) is 10.0 Å². The highest BCUT2D eigenvalue weighted by molar-refractivity contribution is 6.35. The molecule has 0 bridgehead atoms. The van der Waals surface area contributed by atoms with E-state index in [2.05, 4.69) is 11.8 Å². The van der Waals surface area contributed by atoms with Gasteiger partial charge in [-0.15, -0.1) is 0 Å². The van der Waals surface area contributed by atoms with Crippen molar-refractivity contribution in [3.05, 3.63) is 28.2 Å². The highest BCUT2D eigenvalue weighted by Gasteiger charge is 2.22. The Balaban J connectivity index is 1.80. The summed E-state index contributed by atoms with van der Waals surface area (Å²) in [7, 11) is 0. The second-order valence-electron chi connectivity index (χ2n) is 5.09. The van der Waals surface area contributed by atoms with Gasteiger partial charge in [-0.2, -0.15) is 0 Å². The molecule has 0 amide bonds. The number of rotatable bonds is 4. The Labute approximate surface area is 124 Å². The maximum atomic E-state index is 6.06. The summed E-state index contributed by atoms with van der Waals surface area (Å²) in [5, 5.41) is 1.18. The first-order valence-corrected chi connectivity index (χ1v) is 7.39. The van der Waals surface area contributed by atoms with Crippen LogP contribution < -0.4 is 10.5 Å². The molecule has 1 aromatic carbocycles. The number of likely N-dealkylation sites (tertiary alicyclic amines) is 1. The molecule has 1 aliphatic heterocycles. The van der Waals surface area contributed by atoms with Crippen molar-refractivity contribution in [1.82, 2.24) is 4.90 Å². The van der Waals surface area contributed by atoms with Gasteiger partial charge in [0.15, 0.2) is 0 Å². The van der Waals surface area contributed by atoms with E-state index < -0.39 is 0 Å². The number of nitrogens with two attached hydrogens (primary N) is 1. The molecule has 19 heavy (non-hydrogen) atoms. The van der Waals surface area contributed by atoms with Gasteiger partial charge in [-0.3, -0.25) is 4.90 Å². The molecule has 1 saturated heterocycles. The summed E-state index contributed by atoms with van der Waals surface area (Å²) in [6.07, 6.45) is 2.12. The highest BCUT2D eigenvalue weighted by Crippen LogP contribution is 2.27. The van der Waals surface area contributed by atoms with Crippen molar-refractivity contribution < 1.29 is 4.74 Å². The summed E-state index contributed by atoms with van der Waals surface area (Å²) < 4.78 is 5.71. The summed E-state index contributed by atoms with van der Waals surface area (Å²) in [5.41, 5.74) is 5.95. The molecule has 2 unspecified atom stereocenters. The van der Waals surface area contributed by atoms with Crippen LogP contribution in [0.1, 0.15) is 19.8 Å². The highest BCUT2D eigenvalue weighted by atomic mass is 35.5. The van der Waals surface area contributed by atoms with Crippen molar-refractivity contribution >= 4 is 23.2 Å². The lowest BCUT2D eigenvalue weighted by Crippen LogP contribution is -2.46. The van der Waals surface area contributed by atoms with Crippen LogP contribution in [0.15, 0.2) is 18.2 Å². The maximum absolute atomic E-state index is 6.06. The van der Waals surface area contributed by atoms with Gasteiger partial charge in [0.25, 0.3) is 0 Å². The van der Waals surface area contributed by atoms with Crippen LogP contribution in [-0.2, 0) is 0 Å². The minimum absolute atomic E-state index is 0.345. The SMILES string of the molecule is CC1CC(N)CCN1CCOc1ccc(Cl)cc1Cl. The fourth-order valence-corrected chi connectivity index (χ4v) is 2.92. The Morgan fingerprint density at radius 1 is 1.42 bits per heavy atom. The standard InChI is InChI=1S/C14H20Cl2N2O/c1-10-8-12(17)4-5-18(10)6-7-19-14-3-2-11(15)9-13(14)16/h2-3,9-10,12H,4-8,17H2,1H3. The fourth-order valence-electron chi connectivity index (χ4n) is 2.45. The number of ether oxygens (including phenoxy) is 1. The van der Waals surface area contributed by atoms with Crippen LogP contribution in [0.3, 0.4) is 0 Å². The maximum Gasteiger partial charge on any atom is 0.138 e. The first kappa shape index (κ1) is 14.9. The molecule has 0 radical (unpaired) electrons. The monoisotopic (exact) mass is 302 g/mol. The summed E-state index contributed by atoms with van der Waals surface area (Å²) in [5.74, 6) is 0.687. The van der Waals surface area contributed by atoms with E-state index in [0.717, 1.165) is 25.9 Å². The van der Waals surface area contributed by atoms with E-state index in [0.29, 0.717) is 34.5 Å². The Bertz CT molecular complexity index is 428. The van der Waals surface area contributed by atoms with E-state index in [1.807, 2.05) is 0 Å². The summed E-state index contributed by atoms with van der Waals surface area (Å²) in [6, 6.07) is 6.15. The predicted octanol–water partition coefficient (Wildman–Crippen LogP) is 3.18.